The van der Waals surface area contributed by atoms with Crippen LogP contribution in [-0.2, 0) is 13.0 Å². The molecule has 0 bridgehead atoms. The van der Waals surface area contributed by atoms with Gasteiger partial charge in [0.05, 0.1) is 0 Å². The van der Waals surface area contributed by atoms with E-state index >= 15 is 0 Å². The van der Waals surface area contributed by atoms with Crippen LogP contribution in [0.3, 0.4) is 0 Å². The van der Waals surface area contributed by atoms with Crippen LogP contribution in [0, 0.1) is 0 Å². The van der Waals surface area contributed by atoms with E-state index < -0.39 is 0 Å². The van der Waals surface area contributed by atoms with Gasteiger partial charge >= 0.3 is 0 Å². The van der Waals surface area contributed by atoms with E-state index in [0.717, 1.165) is 19.4 Å². The van der Waals surface area contributed by atoms with Crippen molar-refractivity contribution in [3.8, 4) is 0 Å². The third kappa shape index (κ3) is 3.90. The van der Waals surface area contributed by atoms with E-state index in [1.807, 2.05) is 12.4 Å². The van der Waals surface area contributed by atoms with Crippen LogP contribution in [0.25, 0.3) is 0 Å². The maximum Gasteiger partial charge on any atom is 0.0320 e. The van der Waals surface area contributed by atoms with Gasteiger partial charge < -0.3 is 5.32 Å². The molecule has 2 rings (SSSR count). The Morgan fingerprint density at radius 3 is 2.21 bits per heavy atom. The Hall–Kier alpha value is -1.67. The predicted molar refractivity (Wildman–Crippen MR) is 79.9 cm³/mol. The highest BCUT2D eigenvalue weighted by Crippen LogP contribution is 2.18. The minimum Gasteiger partial charge on any atom is -0.306 e. The zero-order chi connectivity index (χ0) is 13.5. The molecule has 0 saturated heterocycles. The van der Waals surface area contributed by atoms with E-state index in [2.05, 4.69) is 60.5 Å². The molecule has 1 atom stereocenters. The highest BCUT2D eigenvalue weighted by molar-refractivity contribution is 5.25. The average Bonchev–Trinajstić information content (AvgIpc) is 2.49. The highest BCUT2D eigenvalue weighted by Gasteiger charge is 2.08. The summed E-state index contributed by atoms with van der Waals surface area (Å²) in [4.78, 5) is 4.04. The van der Waals surface area contributed by atoms with E-state index in [-0.39, 0.29) is 0 Å². The van der Waals surface area contributed by atoms with E-state index in [4.69, 9.17) is 0 Å². The van der Waals surface area contributed by atoms with Crippen LogP contribution in [0.15, 0.2) is 48.8 Å². The molecule has 0 fully saturated rings. The van der Waals surface area contributed by atoms with Crippen molar-refractivity contribution < 1.29 is 0 Å². The maximum atomic E-state index is 4.04. The Morgan fingerprint density at radius 2 is 1.63 bits per heavy atom. The molecule has 0 radical (unpaired) electrons. The number of nitrogens with one attached hydrogen (secondary N) is 1. The molecule has 100 valence electrons. The van der Waals surface area contributed by atoms with Gasteiger partial charge in [0.2, 0.25) is 0 Å². The van der Waals surface area contributed by atoms with Gasteiger partial charge in [0.15, 0.2) is 0 Å². The summed E-state index contributed by atoms with van der Waals surface area (Å²) >= 11 is 0. The van der Waals surface area contributed by atoms with Crippen molar-refractivity contribution in [3.63, 3.8) is 0 Å². The van der Waals surface area contributed by atoms with Gasteiger partial charge in [-0.3, -0.25) is 4.98 Å². The van der Waals surface area contributed by atoms with Gasteiger partial charge in [0.1, 0.15) is 0 Å². The van der Waals surface area contributed by atoms with Gasteiger partial charge in [-0.1, -0.05) is 38.1 Å². The van der Waals surface area contributed by atoms with Crippen LogP contribution in [-0.4, -0.2) is 4.98 Å². The fraction of sp³-hybridized carbons (Fsp3) is 0.353. The first-order chi connectivity index (χ1) is 9.33. The molecule has 2 nitrogen and oxygen atoms in total. The zero-order valence-electron chi connectivity index (χ0n) is 11.8. The second kappa shape index (κ2) is 7.05. The molecule has 1 aromatic heterocycles. The van der Waals surface area contributed by atoms with Crippen LogP contribution in [0.4, 0.5) is 0 Å². The van der Waals surface area contributed by atoms with E-state index in [0.29, 0.717) is 6.04 Å². The SMILES string of the molecule is CCc1ccc(C(CC)NCc2ccncc2)cc1. The number of rotatable bonds is 6. The van der Waals surface area contributed by atoms with Gasteiger partial charge in [-0.15, -0.1) is 0 Å². The van der Waals surface area contributed by atoms with Gasteiger partial charge in [0.25, 0.3) is 0 Å². The van der Waals surface area contributed by atoms with Crippen LogP contribution in [0.2, 0.25) is 0 Å². The molecule has 19 heavy (non-hydrogen) atoms. The third-order valence-electron chi connectivity index (χ3n) is 3.50. The number of hydrogen-bond donors (Lipinski definition) is 1. The van der Waals surface area contributed by atoms with E-state index in [9.17, 15) is 0 Å². The average molecular weight is 254 g/mol. The lowest BCUT2D eigenvalue weighted by molar-refractivity contribution is 0.519. The fourth-order valence-corrected chi connectivity index (χ4v) is 2.23. The Labute approximate surface area is 115 Å². The molecule has 2 aromatic rings. The second-order valence-corrected chi connectivity index (χ2v) is 4.79. The van der Waals surface area contributed by atoms with Crippen molar-refractivity contribution in [2.45, 2.75) is 39.3 Å². The summed E-state index contributed by atoms with van der Waals surface area (Å²) in [6.45, 7) is 5.29. The molecule has 1 aromatic carbocycles. The lowest BCUT2D eigenvalue weighted by Gasteiger charge is -2.18. The van der Waals surface area contributed by atoms with Crippen LogP contribution in [0.5, 0.6) is 0 Å². The Balaban J connectivity index is 1.99. The first kappa shape index (κ1) is 13.8. The Kier molecular flexibility index (Phi) is 5.10. The first-order valence-electron chi connectivity index (χ1n) is 7.04. The van der Waals surface area contributed by atoms with Crippen LogP contribution < -0.4 is 5.32 Å². The summed E-state index contributed by atoms with van der Waals surface area (Å²) < 4.78 is 0. The topological polar surface area (TPSA) is 24.9 Å². The molecule has 2 heteroatoms. The molecule has 0 spiro atoms. The molecule has 0 aliphatic rings. The molecule has 0 aliphatic heterocycles. The number of aromatic nitrogens is 1. The Bertz CT molecular complexity index is 476. The molecule has 1 heterocycles. The van der Waals surface area contributed by atoms with Gasteiger partial charge in [-0.2, -0.15) is 0 Å². The van der Waals surface area contributed by atoms with Gasteiger partial charge in [-0.05, 0) is 41.7 Å². The molecule has 1 N–H and O–H groups in total. The number of nitrogens with zero attached hydrogens (tertiary/aromatic N) is 1. The summed E-state index contributed by atoms with van der Waals surface area (Å²) in [7, 11) is 0. The second-order valence-electron chi connectivity index (χ2n) is 4.79. The predicted octanol–water partition coefficient (Wildman–Crippen LogP) is 3.88. The molecule has 1 unspecified atom stereocenters. The van der Waals surface area contributed by atoms with Crippen molar-refractivity contribution in [2.75, 3.05) is 0 Å². The van der Waals surface area contributed by atoms with Crippen LogP contribution >= 0.6 is 0 Å². The zero-order valence-corrected chi connectivity index (χ0v) is 11.8. The molecule has 0 saturated carbocycles. The van der Waals surface area contributed by atoms with Gasteiger partial charge in [0, 0.05) is 25.0 Å². The van der Waals surface area contributed by atoms with Crippen molar-refractivity contribution in [1.82, 2.24) is 10.3 Å². The summed E-state index contributed by atoms with van der Waals surface area (Å²) in [5.41, 5.74) is 4.04. The number of hydrogen-bond acceptors (Lipinski definition) is 2. The van der Waals surface area contributed by atoms with Gasteiger partial charge in [-0.25, -0.2) is 0 Å². The monoisotopic (exact) mass is 254 g/mol. The first-order valence-corrected chi connectivity index (χ1v) is 7.04. The summed E-state index contributed by atoms with van der Waals surface area (Å²) in [6.07, 6.45) is 5.88. The van der Waals surface area contributed by atoms with E-state index in [1.54, 1.807) is 0 Å². The summed E-state index contributed by atoms with van der Waals surface area (Å²) in [5.74, 6) is 0. The minimum absolute atomic E-state index is 0.416. The highest BCUT2D eigenvalue weighted by atomic mass is 14.9. The number of benzene rings is 1. The summed E-state index contributed by atoms with van der Waals surface area (Å²) in [5, 5.41) is 3.61. The number of pyridine rings is 1. The third-order valence-corrected chi connectivity index (χ3v) is 3.50. The van der Waals surface area contributed by atoms with Crippen molar-refractivity contribution >= 4 is 0 Å². The van der Waals surface area contributed by atoms with E-state index in [1.165, 1.54) is 16.7 Å². The normalized spacial score (nSPS) is 12.3. The lowest BCUT2D eigenvalue weighted by Crippen LogP contribution is -2.20. The molecule has 0 aliphatic carbocycles. The maximum absolute atomic E-state index is 4.04. The van der Waals surface area contributed by atoms with Crippen molar-refractivity contribution in [2.24, 2.45) is 0 Å². The fourth-order valence-electron chi connectivity index (χ4n) is 2.23. The van der Waals surface area contributed by atoms with Crippen LogP contribution in [0.1, 0.15) is 43.0 Å². The molecular formula is C17H22N2. The standard InChI is InChI=1S/C17H22N2/c1-3-14-5-7-16(8-6-14)17(4-2)19-13-15-9-11-18-12-10-15/h5-12,17,19H,3-4,13H2,1-2H3. The number of aryl methyl sites for hydroxylation is 1. The Morgan fingerprint density at radius 1 is 0.947 bits per heavy atom. The van der Waals surface area contributed by atoms with Crippen molar-refractivity contribution in [3.05, 3.63) is 65.5 Å². The smallest absolute Gasteiger partial charge is 0.0320 e. The summed E-state index contributed by atoms with van der Waals surface area (Å²) in [6, 6.07) is 13.5. The molecular weight excluding hydrogens is 232 g/mol. The largest absolute Gasteiger partial charge is 0.306 e. The minimum atomic E-state index is 0.416. The quantitative estimate of drug-likeness (QED) is 0.846. The van der Waals surface area contributed by atoms with Crippen molar-refractivity contribution in [1.29, 1.82) is 0 Å². The lowest BCUT2D eigenvalue weighted by atomic mass is 10.0. The molecule has 0 amide bonds.